The second kappa shape index (κ2) is 7.41. The minimum absolute atomic E-state index is 0.151. The number of hydrogen-bond acceptors (Lipinski definition) is 3. The van der Waals surface area contributed by atoms with E-state index in [2.05, 4.69) is 26.3 Å². The minimum Gasteiger partial charge on any atom is -0.481 e. The lowest BCUT2D eigenvalue weighted by molar-refractivity contribution is -0.137. The molecule has 1 aromatic carbocycles. The first-order chi connectivity index (χ1) is 10.9. The van der Waals surface area contributed by atoms with Crippen LogP contribution in [0.1, 0.15) is 48.4 Å². The Morgan fingerprint density at radius 2 is 1.91 bits per heavy atom. The molecule has 0 spiro atoms. The average molecular weight is 380 g/mol. The van der Waals surface area contributed by atoms with Crippen molar-refractivity contribution in [3.05, 3.63) is 52.3 Å². The Morgan fingerprint density at radius 1 is 1.26 bits per heavy atom. The van der Waals surface area contributed by atoms with Gasteiger partial charge in [0.15, 0.2) is 0 Å². The molecule has 0 fully saturated rings. The number of benzene rings is 1. The van der Waals surface area contributed by atoms with Crippen molar-refractivity contribution in [1.29, 1.82) is 0 Å². The van der Waals surface area contributed by atoms with Crippen LogP contribution in [0.15, 0.2) is 41.0 Å². The van der Waals surface area contributed by atoms with Crippen LogP contribution >= 0.6 is 15.9 Å². The van der Waals surface area contributed by atoms with Gasteiger partial charge in [0.1, 0.15) is 5.69 Å². The molecule has 1 aromatic heterocycles. The van der Waals surface area contributed by atoms with E-state index in [-0.39, 0.29) is 18.2 Å². The molecule has 0 aliphatic rings. The summed E-state index contributed by atoms with van der Waals surface area (Å²) in [5.74, 6) is -1.37. The number of aromatic nitrogens is 2. The zero-order valence-electron chi connectivity index (χ0n) is 12.9. The quantitative estimate of drug-likeness (QED) is 0.806. The maximum absolute atomic E-state index is 12.3. The minimum atomic E-state index is -0.981. The molecule has 7 heteroatoms. The lowest BCUT2D eigenvalue weighted by atomic mass is 10.0. The fourth-order valence-corrected chi connectivity index (χ4v) is 2.37. The van der Waals surface area contributed by atoms with Crippen LogP contribution in [0.2, 0.25) is 0 Å². The monoisotopic (exact) mass is 379 g/mol. The van der Waals surface area contributed by atoms with Crippen molar-refractivity contribution in [1.82, 2.24) is 15.1 Å². The second-order valence-corrected chi connectivity index (χ2v) is 6.37. The molecule has 2 rings (SSSR count). The topological polar surface area (TPSA) is 84.2 Å². The lowest BCUT2D eigenvalue weighted by Gasteiger charge is -2.17. The lowest BCUT2D eigenvalue weighted by Crippen LogP contribution is -2.30. The van der Waals surface area contributed by atoms with Crippen LogP contribution in [-0.2, 0) is 4.79 Å². The van der Waals surface area contributed by atoms with Crippen molar-refractivity contribution in [2.24, 2.45) is 0 Å². The fraction of sp³-hybridized carbons (Fsp3) is 0.312. The van der Waals surface area contributed by atoms with E-state index in [9.17, 15) is 9.59 Å². The van der Waals surface area contributed by atoms with Gasteiger partial charge in [0.2, 0.25) is 0 Å². The van der Waals surface area contributed by atoms with Crippen LogP contribution < -0.4 is 5.32 Å². The van der Waals surface area contributed by atoms with Gasteiger partial charge in [-0.3, -0.25) is 14.3 Å². The van der Waals surface area contributed by atoms with Gasteiger partial charge in [0.25, 0.3) is 5.91 Å². The Kier molecular flexibility index (Phi) is 5.54. The first-order valence-corrected chi connectivity index (χ1v) is 7.99. The summed E-state index contributed by atoms with van der Waals surface area (Å²) in [6, 6.07) is 8.34. The van der Waals surface area contributed by atoms with Gasteiger partial charge in [0, 0.05) is 16.7 Å². The van der Waals surface area contributed by atoms with Crippen LogP contribution in [0.5, 0.6) is 0 Å². The number of amides is 1. The van der Waals surface area contributed by atoms with Crippen LogP contribution in [0.3, 0.4) is 0 Å². The summed E-state index contributed by atoms with van der Waals surface area (Å²) in [5, 5.41) is 16.0. The molecule has 2 N–H and O–H groups in total. The maximum Gasteiger partial charge on any atom is 0.305 e. The zero-order chi connectivity index (χ0) is 17.0. The van der Waals surface area contributed by atoms with Crippen LogP contribution in [-0.4, -0.2) is 26.8 Å². The van der Waals surface area contributed by atoms with Gasteiger partial charge in [-0.15, -0.1) is 0 Å². The normalized spacial score (nSPS) is 12.2. The molecule has 122 valence electrons. The Morgan fingerprint density at radius 3 is 2.43 bits per heavy atom. The largest absolute Gasteiger partial charge is 0.481 e. The molecule has 0 saturated carbocycles. The molecule has 1 heterocycles. The maximum atomic E-state index is 12.3. The molecule has 0 bridgehead atoms. The van der Waals surface area contributed by atoms with Crippen LogP contribution in [0.4, 0.5) is 0 Å². The third kappa shape index (κ3) is 4.66. The Hall–Kier alpha value is -2.15. The highest BCUT2D eigenvalue weighted by Gasteiger charge is 2.20. The van der Waals surface area contributed by atoms with E-state index in [1.807, 2.05) is 26.0 Å². The SMILES string of the molecule is CC(C)n1ccc(C(=O)NC(CC(=O)O)c2ccc(Br)cc2)n1. The molecule has 2 aromatic rings. The first kappa shape index (κ1) is 17.2. The first-order valence-electron chi connectivity index (χ1n) is 7.20. The van der Waals surface area contributed by atoms with E-state index in [1.165, 1.54) is 0 Å². The van der Waals surface area contributed by atoms with Gasteiger partial charge in [-0.05, 0) is 37.6 Å². The van der Waals surface area contributed by atoms with E-state index >= 15 is 0 Å². The van der Waals surface area contributed by atoms with Crippen LogP contribution in [0.25, 0.3) is 0 Å². The highest BCUT2D eigenvalue weighted by Crippen LogP contribution is 2.20. The van der Waals surface area contributed by atoms with E-state index in [1.54, 1.807) is 29.1 Å². The van der Waals surface area contributed by atoms with E-state index in [0.29, 0.717) is 0 Å². The standard InChI is InChI=1S/C16H18BrN3O3/c1-10(2)20-8-7-13(19-20)16(23)18-14(9-15(21)22)11-3-5-12(17)6-4-11/h3-8,10,14H,9H2,1-2H3,(H,18,23)(H,21,22). The molecule has 1 atom stereocenters. The number of aliphatic carboxylic acids is 1. The van der Waals surface area contributed by atoms with Gasteiger partial charge in [-0.2, -0.15) is 5.10 Å². The summed E-state index contributed by atoms with van der Waals surface area (Å²) in [7, 11) is 0. The molecule has 0 aliphatic heterocycles. The number of carbonyl (C=O) groups excluding carboxylic acids is 1. The predicted molar refractivity (Wildman–Crippen MR) is 89.2 cm³/mol. The van der Waals surface area contributed by atoms with Crippen molar-refractivity contribution in [3.8, 4) is 0 Å². The molecule has 0 radical (unpaired) electrons. The van der Waals surface area contributed by atoms with E-state index in [4.69, 9.17) is 5.11 Å². The number of hydrogen-bond donors (Lipinski definition) is 2. The van der Waals surface area contributed by atoms with Crippen molar-refractivity contribution < 1.29 is 14.7 Å². The fourth-order valence-electron chi connectivity index (χ4n) is 2.10. The number of carboxylic acid groups (broad SMARTS) is 1. The molecule has 6 nitrogen and oxygen atoms in total. The summed E-state index contributed by atoms with van der Waals surface area (Å²) in [4.78, 5) is 23.4. The third-order valence-electron chi connectivity index (χ3n) is 3.33. The summed E-state index contributed by atoms with van der Waals surface area (Å²) in [5.41, 5.74) is 0.999. The molecular formula is C16H18BrN3O3. The Labute approximate surface area is 142 Å². The second-order valence-electron chi connectivity index (χ2n) is 5.45. The van der Waals surface area contributed by atoms with Gasteiger partial charge in [-0.1, -0.05) is 28.1 Å². The smallest absolute Gasteiger partial charge is 0.305 e. The molecule has 1 unspecified atom stereocenters. The summed E-state index contributed by atoms with van der Waals surface area (Å²) < 4.78 is 2.57. The highest BCUT2D eigenvalue weighted by molar-refractivity contribution is 9.10. The van der Waals surface area contributed by atoms with Crippen molar-refractivity contribution in [2.75, 3.05) is 0 Å². The van der Waals surface area contributed by atoms with Crippen molar-refractivity contribution in [2.45, 2.75) is 32.4 Å². The molecule has 23 heavy (non-hydrogen) atoms. The van der Waals surface area contributed by atoms with Crippen molar-refractivity contribution >= 4 is 27.8 Å². The van der Waals surface area contributed by atoms with Gasteiger partial charge >= 0.3 is 5.97 Å². The van der Waals surface area contributed by atoms with Gasteiger partial charge in [-0.25, -0.2) is 0 Å². The molecular weight excluding hydrogens is 362 g/mol. The summed E-state index contributed by atoms with van der Waals surface area (Å²) in [6.07, 6.45) is 1.53. The Balaban J connectivity index is 2.17. The Bertz CT molecular complexity index is 695. The summed E-state index contributed by atoms with van der Waals surface area (Å²) >= 11 is 3.33. The molecule has 0 saturated heterocycles. The zero-order valence-corrected chi connectivity index (χ0v) is 14.4. The number of rotatable bonds is 6. The number of halogens is 1. The average Bonchev–Trinajstić information content (AvgIpc) is 2.97. The number of nitrogens with one attached hydrogen (secondary N) is 1. The number of nitrogens with zero attached hydrogens (tertiary/aromatic N) is 2. The van der Waals surface area contributed by atoms with E-state index < -0.39 is 17.9 Å². The van der Waals surface area contributed by atoms with Crippen molar-refractivity contribution in [3.63, 3.8) is 0 Å². The molecule has 0 aliphatic carbocycles. The van der Waals surface area contributed by atoms with E-state index in [0.717, 1.165) is 10.0 Å². The third-order valence-corrected chi connectivity index (χ3v) is 3.86. The number of carbonyl (C=O) groups is 2. The number of carboxylic acids is 1. The molecule has 1 amide bonds. The van der Waals surface area contributed by atoms with Crippen LogP contribution in [0, 0.1) is 0 Å². The van der Waals surface area contributed by atoms with Gasteiger partial charge < -0.3 is 10.4 Å². The highest BCUT2D eigenvalue weighted by atomic mass is 79.9. The predicted octanol–water partition coefficient (Wildman–Crippen LogP) is 3.17. The van der Waals surface area contributed by atoms with Gasteiger partial charge in [0.05, 0.1) is 12.5 Å². The summed E-state index contributed by atoms with van der Waals surface area (Å²) in [6.45, 7) is 3.92.